The number of aromatic nitrogens is 3. The monoisotopic (exact) mass is 451 g/mol. The van der Waals surface area contributed by atoms with Crippen molar-refractivity contribution in [3.05, 3.63) is 73.2 Å². The molecule has 1 fully saturated rings. The molecule has 3 aromatic heterocycles. The topological polar surface area (TPSA) is 113 Å². The van der Waals surface area contributed by atoms with Crippen LogP contribution in [0.25, 0.3) is 33.3 Å². The van der Waals surface area contributed by atoms with Crippen LogP contribution in [0.2, 0.25) is 0 Å². The van der Waals surface area contributed by atoms with E-state index in [1.807, 2.05) is 36.5 Å². The second-order valence-electron chi connectivity index (χ2n) is 7.89. The number of ether oxygens (including phenoxy) is 2. The van der Waals surface area contributed by atoms with Crippen molar-refractivity contribution in [3.8, 4) is 34.2 Å². The second-order valence-corrected chi connectivity index (χ2v) is 7.89. The number of carbonyl (C=O) groups is 1. The Morgan fingerprint density at radius 2 is 2.09 bits per heavy atom. The Hall–Kier alpha value is -4.48. The number of aromatic amines is 1. The number of nitrogens with one attached hydrogen (secondary N) is 2. The molecule has 2 N–H and O–H groups in total. The van der Waals surface area contributed by atoms with Crippen LogP contribution in [0.4, 0.5) is 5.69 Å². The van der Waals surface area contributed by atoms with Crippen LogP contribution in [0.5, 0.6) is 5.88 Å². The van der Waals surface area contributed by atoms with Crippen molar-refractivity contribution in [2.75, 3.05) is 18.5 Å². The third-order valence-electron chi connectivity index (χ3n) is 5.63. The van der Waals surface area contributed by atoms with Gasteiger partial charge in [-0.05, 0) is 35.9 Å². The van der Waals surface area contributed by atoms with Gasteiger partial charge in [0.15, 0.2) is 0 Å². The molecule has 1 atom stereocenters. The lowest BCUT2D eigenvalue weighted by atomic mass is 10.0. The summed E-state index contributed by atoms with van der Waals surface area (Å²) in [6.07, 6.45) is 7.18. The number of amides is 1. The first-order valence-electron chi connectivity index (χ1n) is 10.8. The van der Waals surface area contributed by atoms with Gasteiger partial charge in [-0.3, -0.25) is 4.79 Å². The number of anilines is 1. The molecule has 1 unspecified atom stereocenters. The van der Waals surface area contributed by atoms with Gasteiger partial charge in [0, 0.05) is 47.1 Å². The van der Waals surface area contributed by atoms with Gasteiger partial charge < -0.3 is 19.8 Å². The van der Waals surface area contributed by atoms with E-state index < -0.39 is 0 Å². The molecule has 5 rings (SSSR count). The van der Waals surface area contributed by atoms with E-state index in [1.54, 1.807) is 18.5 Å². The smallest absolute Gasteiger partial charge is 0.247 e. The van der Waals surface area contributed by atoms with E-state index in [-0.39, 0.29) is 12.0 Å². The molecule has 1 aliphatic rings. The zero-order valence-corrected chi connectivity index (χ0v) is 18.2. The molecule has 0 saturated carbocycles. The number of hydrogen-bond acceptors (Lipinski definition) is 6. The molecule has 1 amide bonds. The summed E-state index contributed by atoms with van der Waals surface area (Å²) in [6.45, 7) is 4.65. The molecule has 1 aliphatic heterocycles. The van der Waals surface area contributed by atoms with Gasteiger partial charge in [0.25, 0.3) is 0 Å². The van der Waals surface area contributed by atoms with Crippen molar-refractivity contribution in [1.82, 2.24) is 15.0 Å². The highest BCUT2D eigenvalue weighted by atomic mass is 16.5. The summed E-state index contributed by atoms with van der Waals surface area (Å²) in [7, 11) is 0. The van der Waals surface area contributed by atoms with Gasteiger partial charge in [-0.15, -0.1) is 0 Å². The molecule has 1 saturated heterocycles. The van der Waals surface area contributed by atoms with E-state index in [2.05, 4.69) is 32.9 Å². The maximum Gasteiger partial charge on any atom is 0.247 e. The normalized spacial score (nSPS) is 15.1. The molecule has 8 nitrogen and oxygen atoms in total. The summed E-state index contributed by atoms with van der Waals surface area (Å²) in [5.41, 5.74) is 5.22. The lowest BCUT2D eigenvalue weighted by Gasteiger charge is -2.15. The summed E-state index contributed by atoms with van der Waals surface area (Å²) >= 11 is 0. The van der Waals surface area contributed by atoms with Crippen molar-refractivity contribution in [2.24, 2.45) is 0 Å². The highest BCUT2D eigenvalue weighted by molar-refractivity contribution is 6.00. The molecule has 4 heterocycles. The molecule has 0 aliphatic carbocycles. The average molecular weight is 451 g/mol. The number of pyridine rings is 2. The van der Waals surface area contributed by atoms with Crippen molar-refractivity contribution >= 4 is 22.6 Å². The van der Waals surface area contributed by atoms with Crippen molar-refractivity contribution in [2.45, 2.75) is 12.5 Å². The van der Waals surface area contributed by atoms with Crippen LogP contribution >= 0.6 is 0 Å². The van der Waals surface area contributed by atoms with E-state index in [0.29, 0.717) is 30.3 Å². The van der Waals surface area contributed by atoms with E-state index in [9.17, 15) is 10.1 Å². The minimum atomic E-state index is -0.356. The zero-order valence-electron chi connectivity index (χ0n) is 18.2. The molecule has 4 aromatic rings. The van der Waals surface area contributed by atoms with Crippen molar-refractivity contribution < 1.29 is 14.3 Å². The van der Waals surface area contributed by atoms with Gasteiger partial charge in [0.05, 0.1) is 24.8 Å². The SMILES string of the molecule is C=CC(=O)Nc1cc(-c2cnc3[nH]cc(-c4cccc(C#N)c4)c3c2)cnc1OC1CCOC1. The fourth-order valence-electron chi connectivity index (χ4n) is 3.90. The Kier molecular flexibility index (Phi) is 5.77. The fourth-order valence-corrected chi connectivity index (χ4v) is 3.90. The van der Waals surface area contributed by atoms with E-state index in [0.717, 1.165) is 39.7 Å². The van der Waals surface area contributed by atoms with Gasteiger partial charge >= 0.3 is 0 Å². The van der Waals surface area contributed by atoms with Crippen LogP contribution in [-0.4, -0.2) is 40.2 Å². The summed E-state index contributed by atoms with van der Waals surface area (Å²) < 4.78 is 11.3. The fraction of sp³-hybridized carbons (Fsp3) is 0.154. The van der Waals surface area contributed by atoms with E-state index in [4.69, 9.17) is 9.47 Å². The Bertz CT molecular complexity index is 1430. The molecular weight excluding hydrogens is 430 g/mol. The Morgan fingerprint density at radius 1 is 1.24 bits per heavy atom. The van der Waals surface area contributed by atoms with Gasteiger partial charge in [-0.1, -0.05) is 18.7 Å². The van der Waals surface area contributed by atoms with E-state index in [1.165, 1.54) is 6.08 Å². The number of H-pyrrole nitrogens is 1. The highest BCUT2D eigenvalue weighted by Crippen LogP contribution is 2.34. The van der Waals surface area contributed by atoms with Crippen molar-refractivity contribution in [1.29, 1.82) is 5.26 Å². The van der Waals surface area contributed by atoms with Crippen LogP contribution in [0, 0.1) is 11.3 Å². The largest absolute Gasteiger partial charge is 0.470 e. The first-order chi connectivity index (χ1) is 16.6. The quantitative estimate of drug-likeness (QED) is 0.419. The van der Waals surface area contributed by atoms with Crippen LogP contribution in [0.1, 0.15) is 12.0 Å². The van der Waals surface area contributed by atoms with Crippen LogP contribution in [0.15, 0.2) is 67.6 Å². The molecule has 1 aromatic carbocycles. The molecule has 0 radical (unpaired) electrons. The number of hydrogen-bond donors (Lipinski definition) is 2. The molecular formula is C26H21N5O3. The van der Waals surface area contributed by atoms with Crippen LogP contribution in [0.3, 0.4) is 0 Å². The standard InChI is InChI=1S/C26H21N5O3/c1-2-24(32)31-23-10-19(13-30-26(23)34-20-6-7-33-15-20)18-9-21-22(14-29-25(21)28-12-18)17-5-3-4-16(8-17)11-27/h2-5,8-10,12-14,20H,1,6-7,15H2,(H,28,29)(H,31,32). The predicted octanol–water partition coefficient (Wildman–Crippen LogP) is 4.46. The summed E-state index contributed by atoms with van der Waals surface area (Å²) in [4.78, 5) is 24.3. The Labute approximate surface area is 195 Å². The highest BCUT2D eigenvalue weighted by Gasteiger charge is 2.21. The predicted molar refractivity (Wildman–Crippen MR) is 128 cm³/mol. The number of rotatable bonds is 6. The summed E-state index contributed by atoms with van der Waals surface area (Å²) in [6, 6.07) is 13.4. The van der Waals surface area contributed by atoms with Crippen LogP contribution in [-0.2, 0) is 9.53 Å². The van der Waals surface area contributed by atoms with Gasteiger partial charge in [-0.2, -0.15) is 5.26 Å². The van der Waals surface area contributed by atoms with Gasteiger partial charge in [-0.25, -0.2) is 9.97 Å². The maximum absolute atomic E-state index is 12.0. The minimum Gasteiger partial charge on any atom is -0.470 e. The van der Waals surface area contributed by atoms with Crippen molar-refractivity contribution in [3.63, 3.8) is 0 Å². The number of nitriles is 1. The number of fused-ring (bicyclic) bond motifs is 1. The number of benzene rings is 1. The van der Waals surface area contributed by atoms with Gasteiger partial charge in [0.1, 0.15) is 17.4 Å². The summed E-state index contributed by atoms with van der Waals surface area (Å²) in [5, 5.41) is 12.9. The minimum absolute atomic E-state index is 0.109. The first kappa shape index (κ1) is 21.4. The Balaban J connectivity index is 1.54. The Morgan fingerprint density at radius 3 is 2.88 bits per heavy atom. The third-order valence-corrected chi connectivity index (χ3v) is 5.63. The third kappa shape index (κ3) is 4.25. The lowest BCUT2D eigenvalue weighted by molar-refractivity contribution is -0.111. The second kappa shape index (κ2) is 9.17. The number of carbonyl (C=O) groups excluding carboxylic acids is 1. The summed E-state index contributed by atoms with van der Waals surface area (Å²) in [5.74, 6) is -0.0236. The molecule has 8 heteroatoms. The zero-order chi connectivity index (χ0) is 23.5. The average Bonchev–Trinajstić information content (AvgIpc) is 3.54. The van der Waals surface area contributed by atoms with Gasteiger partial charge in [0.2, 0.25) is 11.8 Å². The molecule has 0 spiro atoms. The molecule has 34 heavy (non-hydrogen) atoms. The molecule has 0 bridgehead atoms. The first-order valence-corrected chi connectivity index (χ1v) is 10.8. The maximum atomic E-state index is 12.0. The van der Waals surface area contributed by atoms with E-state index >= 15 is 0 Å². The number of nitrogens with zero attached hydrogens (tertiary/aromatic N) is 3. The lowest BCUT2D eigenvalue weighted by Crippen LogP contribution is -2.18. The van der Waals surface area contributed by atoms with Crippen LogP contribution < -0.4 is 10.1 Å². The molecule has 168 valence electrons.